The minimum Gasteiger partial charge on any atom is -0.327 e. The van der Waals surface area contributed by atoms with Gasteiger partial charge in [0.2, 0.25) is 0 Å². The second-order valence-electron chi connectivity index (χ2n) is 1.78. The van der Waals surface area contributed by atoms with Gasteiger partial charge in [-0.2, -0.15) is 0 Å². The van der Waals surface area contributed by atoms with Crippen molar-refractivity contribution in [1.29, 1.82) is 0 Å². The molecule has 0 amide bonds. The molecule has 2 heteroatoms. The molecule has 0 aromatic heterocycles. The van der Waals surface area contributed by atoms with Crippen LogP contribution in [0.3, 0.4) is 0 Å². The first-order valence-electron chi connectivity index (χ1n) is 2.58. The third-order valence-corrected chi connectivity index (χ3v) is 2.44. The van der Waals surface area contributed by atoms with Gasteiger partial charge in [0.15, 0.2) is 0 Å². The van der Waals surface area contributed by atoms with Gasteiger partial charge in [-0.1, -0.05) is 22.9 Å². The van der Waals surface area contributed by atoms with Gasteiger partial charge in [-0.05, 0) is 13.3 Å². The van der Waals surface area contributed by atoms with Crippen molar-refractivity contribution < 1.29 is 0 Å². The highest BCUT2D eigenvalue weighted by Gasteiger charge is 2.03. The first-order valence-corrected chi connectivity index (χ1v) is 3.49. The molecule has 0 rings (SSSR count). The molecule has 0 aliphatic carbocycles. The van der Waals surface area contributed by atoms with Crippen LogP contribution in [0.2, 0.25) is 0 Å². The van der Waals surface area contributed by atoms with Gasteiger partial charge in [-0.15, -0.1) is 0 Å². The number of hydrogen-bond acceptors (Lipinski definition) is 1. The zero-order chi connectivity index (χ0) is 5.86. The summed E-state index contributed by atoms with van der Waals surface area (Å²) in [7, 11) is 0. The van der Waals surface area contributed by atoms with E-state index in [0.29, 0.717) is 4.83 Å². The molecule has 0 saturated carbocycles. The summed E-state index contributed by atoms with van der Waals surface area (Å²) < 4.78 is 0. The predicted octanol–water partition coefficient (Wildman–Crippen LogP) is 1.51. The fourth-order valence-corrected chi connectivity index (χ4v) is 0.372. The Labute approximate surface area is 53.4 Å². The summed E-state index contributed by atoms with van der Waals surface area (Å²) in [6.07, 6.45) is 1.11. The molecule has 0 fully saturated rings. The van der Waals surface area contributed by atoms with Crippen LogP contribution in [0.4, 0.5) is 0 Å². The van der Waals surface area contributed by atoms with E-state index in [1.807, 2.05) is 6.92 Å². The van der Waals surface area contributed by atoms with Gasteiger partial charge in [-0.3, -0.25) is 0 Å². The zero-order valence-electron chi connectivity index (χ0n) is 4.82. The standard InChI is InChI=1S/C5H12BrN/c1-3-5(6)4(2)7/h4-5H,3,7H2,1-2H3. The molecule has 0 radical (unpaired) electrons. The molecule has 0 bridgehead atoms. The fourth-order valence-electron chi connectivity index (χ4n) is 0.372. The molecule has 0 heterocycles. The van der Waals surface area contributed by atoms with Crippen molar-refractivity contribution in [3.05, 3.63) is 0 Å². The summed E-state index contributed by atoms with van der Waals surface area (Å²) in [6.45, 7) is 4.12. The monoisotopic (exact) mass is 165 g/mol. The molecule has 0 aliphatic heterocycles. The highest BCUT2D eigenvalue weighted by Crippen LogP contribution is 2.06. The van der Waals surface area contributed by atoms with Crippen molar-refractivity contribution in [2.75, 3.05) is 0 Å². The minimum absolute atomic E-state index is 0.282. The summed E-state index contributed by atoms with van der Waals surface area (Å²) >= 11 is 3.42. The Hall–Kier alpha value is 0.440. The van der Waals surface area contributed by atoms with Crippen molar-refractivity contribution in [2.45, 2.75) is 31.1 Å². The Morgan fingerprint density at radius 1 is 1.71 bits per heavy atom. The quantitative estimate of drug-likeness (QED) is 0.618. The SMILES string of the molecule is CCC(Br)C(C)N. The maximum atomic E-state index is 5.50. The second kappa shape index (κ2) is 3.44. The topological polar surface area (TPSA) is 26.0 Å². The molecular formula is C5H12BrN. The second-order valence-corrected chi connectivity index (χ2v) is 2.96. The Morgan fingerprint density at radius 2 is 2.14 bits per heavy atom. The maximum Gasteiger partial charge on any atom is 0.0291 e. The van der Waals surface area contributed by atoms with Crippen molar-refractivity contribution in [3.63, 3.8) is 0 Å². The van der Waals surface area contributed by atoms with Crippen LogP contribution in [0.15, 0.2) is 0 Å². The van der Waals surface area contributed by atoms with E-state index in [1.54, 1.807) is 0 Å². The molecule has 7 heavy (non-hydrogen) atoms. The number of rotatable bonds is 2. The van der Waals surface area contributed by atoms with Gasteiger partial charge in [0.1, 0.15) is 0 Å². The van der Waals surface area contributed by atoms with Gasteiger partial charge < -0.3 is 5.73 Å². The van der Waals surface area contributed by atoms with E-state index in [-0.39, 0.29) is 6.04 Å². The molecule has 0 spiro atoms. The lowest BCUT2D eigenvalue weighted by atomic mass is 10.2. The number of hydrogen-bond donors (Lipinski definition) is 1. The van der Waals surface area contributed by atoms with E-state index in [4.69, 9.17) is 5.73 Å². The molecule has 1 nitrogen and oxygen atoms in total. The molecule has 0 saturated heterocycles. The lowest BCUT2D eigenvalue weighted by molar-refractivity contribution is 0.680. The van der Waals surface area contributed by atoms with E-state index in [9.17, 15) is 0 Å². The molecule has 0 aromatic rings. The lowest BCUT2D eigenvalue weighted by Gasteiger charge is -2.08. The first kappa shape index (κ1) is 7.44. The van der Waals surface area contributed by atoms with E-state index >= 15 is 0 Å². The third-order valence-electron chi connectivity index (χ3n) is 0.961. The number of alkyl halides is 1. The van der Waals surface area contributed by atoms with Crippen molar-refractivity contribution in [2.24, 2.45) is 5.73 Å². The predicted molar refractivity (Wildman–Crippen MR) is 36.7 cm³/mol. The van der Waals surface area contributed by atoms with E-state index < -0.39 is 0 Å². The number of halogens is 1. The van der Waals surface area contributed by atoms with Gasteiger partial charge >= 0.3 is 0 Å². The third kappa shape index (κ3) is 3.06. The minimum atomic E-state index is 0.282. The van der Waals surface area contributed by atoms with E-state index in [0.717, 1.165) is 6.42 Å². The van der Waals surface area contributed by atoms with E-state index in [2.05, 4.69) is 22.9 Å². The Morgan fingerprint density at radius 3 is 2.14 bits per heavy atom. The fraction of sp³-hybridized carbons (Fsp3) is 1.00. The molecular weight excluding hydrogens is 154 g/mol. The molecule has 0 aliphatic rings. The molecule has 0 aromatic carbocycles. The Kier molecular flexibility index (Phi) is 3.66. The van der Waals surface area contributed by atoms with Crippen LogP contribution < -0.4 is 5.73 Å². The smallest absolute Gasteiger partial charge is 0.0291 e. The normalized spacial score (nSPS) is 18.9. The summed E-state index contributed by atoms with van der Waals surface area (Å²) in [5.74, 6) is 0. The van der Waals surface area contributed by atoms with Crippen molar-refractivity contribution in [3.8, 4) is 0 Å². The van der Waals surface area contributed by atoms with Crippen LogP contribution in [-0.2, 0) is 0 Å². The lowest BCUT2D eigenvalue weighted by Crippen LogP contribution is -2.25. The van der Waals surface area contributed by atoms with Crippen LogP contribution in [0, 0.1) is 0 Å². The Bertz CT molecular complexity index is 45.3. The van der Waals surface area contributed by atoms with Crippen LogP contribution >= 0.6 is 15.9 Å². The van der Waals surface area contributed by atoms with Gasteiger partial charge in [0.25, 0.3) is 0 Å². The highest BCUT2D eigenvalue weighted by atomic mass is 79.9. The average Bonchev–Trinajstić information content (AvgIpc) is 1.65. The highest BCUT2D eigenvalue weighted by molar-refractivity contribution is 9.09. The van der Waals surface area contributed by atoms with Gasteiger partial charge in [-0.25, -0.2) is 0 Å². The van der Waals surface area contributed by atoms with Crippen LogP contribution in [0.25, 0.3) is 0 Å². The number of nitrogens with two attached hydrogens (primary N) is 1. The summed E-state index contributed by atoms with van der Waals surface area (Å²) in [6, 6.07) is 0.282. The largest absolute Gasteiger partial charge is 0.327 e. The van der Waals surface area contributed by atoms with Gasteiger partial charge in [0.05, 0.1) is 0 Å². The van der Waals surface area contributed by atoms with Crippen molar-refractivity contribution in [1.82, 2.24) is 0 Å². The maximum absolute atomic E-state index is 5.50. The molecule has 44 valence electrons. The zero-order valence-corrected chi connectivity index (χ0v) is 6.40. The van der Waals surface area contributed by atoms with Crippen LogP contribution in [0.5, 0.6) is 0 Å². The van der Waals surface area contributed by atoms with Crippen LogP contribution in [-0.4, -0.2) is 10.9 Å². The first-order chi connectivity index (χ1) is 3.18. The summed E-state index contributed by atoms with van der Waals surface area (Å²) in [5.41, 5.74) is 5.50. The average molecular weight is 166 g/mol. The molecule has 2 N–H and O–H groups in total. The van der Waals surface area contributed by atoms with Crippen molar-refractivity contribution >= 4 is 15.9 Å². The molecule has 2 unspecified atom stereocenters. The summed E-state index contributed by atoms with van der Waals surface area (Å²) in [5, 5.41) is 0. The van der Waals surface area contributed by atoms with Gasteiger partial charge in [0, 0.05) is 10.9 Å². The van der Waals surface area contributed by atoms with E-state index in [1.165, 1.54) is 0 Å². The van der Waals surface area contributed by atoms with Crippen LogP contribution in [0.1, 0.15) is 20.3 Å². The summed E-state index contributed by atoms with van der Waals surface area (Å²) in [4.78, 5) is 0.493. The Balaban J connectivity index is 3.14. The molecule has 2 atom stereocenters.